The molecule has 2 N–H and O–H groups in total. The summed E-state index contributed by atoms with van der Waals surface area (Å²) in [5.41, 5.74) is 0.797. The van der Waals surface area contributed by atoms with Gasteiger partial charge in [0.25, 0.3) is 0 Å². The van der Waals surface area contributed by atoms with Crippen LogP contribution in [0.1, 0.15) is 38.7 Å². The zero-order valence-corrected chi connectivity index (χ0v) is 12.6. The molecule has 1 rings (SSSR count). The van der Waals surface area contributed by atoms with Gasteiger partial charge in [-0.1, -0.05) is 44.5 Å². The Morgan fingerprint density at radius 1 is 1.35 bits per heavy atom. The maximum Gasteiger partial charge on any atom is 0.326 e. The summed E-state index contributed by atoms with van der Waals surface area (Å²) in [6.45, 7) is 5.57. The van der Waals surface area contributed by atoms with Crippen LogP contribution in [-0.4, -0.2) is 23.0 Å². The minimum absolute atomic E-state index is 0.0415. The number of carbonyl (C=O) groups is 2. The predicted octanol–water partition coefficient (Wildman–Crippen LogP) is 3.06. The molecule has 110 valence electrons. The quantitative estimate of drug-likeness (QED) is 0.848. The summed E-state index contributed by atoms with van der Waals surface area (Å²) in [5, 5.41) is 12.2. The van der Waals surface area contributed by atoms with Gasteiger partial charge < -0.3 is 10.4 Å². The number of hydrogen-bond acceptors (Lipinski definition) is 2. The van der Waals surface area contributed by atoms with Crippen LogP contribution in [-0.2, 0) is 9.59 Å². The van der Waals surface area contributed by atoms with Gasteiger partial charge in [0.2, 0.25) is 5.91 Å². The van der Waals surface area contributed by atoms with E-state index in [2.05, 4.69) is 5.32 Å². The highest BCUT2D eigenvalue weighted by Gasteiger charge is 2.27. The number of carbonyl (C=O) groups excluding carboxylic acids is 1. The Morgan fingerprint density at radius 3 is 2.45 bits per heavy atom. The Kier molecular flexibility index (Phi) is 6.02. The van der Waals surface area contributed by atoms with Gasteiger partial charge >= 0.3 is 5.97 Å². The van der Waals surface area contributed by atoms with Crippen LogP contribution in [0.3, 0.4) is 0 Å². The Bertz CT molecular complexity index is 488. The second kappa shape index (κ2) is 7.29. The lowest BCUT2D eigenvalue weighted by atomic mass is 9.87. The molecule has 1 aromatic carbocycles. The number of carboxylic acids is 1. The fourth-order valence-corrected chi connectivity index (χ4v) is 2.34. The molecule has 0 saturated heterocycles. The smallest absolute Gasteiger partial charge is 0.326 e. The molecule has 20 heavy (non-hydrogen) atoms. The van der Waals surface area contributed by atoms with Crippen molar-refractivity contribution in [2.45, 2.75) is 39.2 Å². The Balaban J connectivity index is 2.97. The highest BCUT2D eigenvalue weighted by molar-refractivity contribution is 6.30. The summed E-state index contributed by atoms with van der Waals surface area (Å²) < 4.78 is 0. The van der Waals surface area contributed by atoms with Crippen LogP contribution in [0.4, 0.5) is 0 Å². The van der Waals surface area contributed by atoms with Crippen LogP contribution in [0.25, 0.3) is 0 Å². The fourth-order valence-electron chi connectivity index (χ4n) is 2.14. The first-order chi connectivity index (χ1) is 9.36. The molecule has 5 heteroatoms. The molecule has 0 bridgehead atoms. The van der Waals surface area contributed by atoms with E-state index in [1.807, 2.05) is 19.9 Å². The van der Waals surface area contributed by atoms with E-state index in [1.165, 1.54) is 0 Å². The van der Waals surface area contributed by atoms with Gasteiger partial charge in [0.05, 0.1) is 5.92 Å². The van der Waals surface area contributed by atoms with Crippen molar-refractivity contribution in [3.8, 4) is 0 Å². The largest absolute Gasteiger partial charge is 0.480 e. The molecule has 0 aliphatic rings. The zero-order valence-electron chi connectivity index (χ0n) is 11.9. The lowest BCUT2D eigenvalue weighted by molar-refractivity contribution is -0.142. The molecule has 1 aromatic rings. The van der Waals surface area contributed by atoms with Crippen LogP contribution >= 0.6 is 11.6 Å². The second-order valence-corrected chi connectivity index (χ2v) is 5.52. The fraction of sp³-hybridized carbons (Fsp3) is 0.467. The van der Waals surface area contributed by atoms with Crippen molar-refractivity contribution in [2.75, 3.05) is 0 Å². The third-order valence-electron chi connectivity index (χ3n) is 3.18. The first-order valence-corrected chi connectivity index (χ1v) is 7.03. The highest BCUT2D eigenvalue weighted by Crippen LogP contribution is 2.27. The van der Waals surface area contributed by atoms with Crippen LogP contribution in [0.15, 0.2) is 24.3 Å². The average molecular weight is 298 g/mol. The molecule has 4 nitrogen and oxygen atoms in total. The molecule has 2 atom stereocenters. The van der Waals surface area contributed by atoms with E-state index in [9.17, 15) is 9.59 Å². The Morgan fingerprint density at radius 2 is 2.00 bits per heavy atom. The summed E-state index contributed by atoms with van der Waals surface area (Å²) in [5.74, 6) is -1.67. The van der Waals surface area contributed by atoms with Crippen molar-refractivity contribution in [1.29, 1.82) is 0 Å². The third-order valence-corrected chi connectivity index (χ3v) is 3.41. The van der Waals surface area contributed by atoms with Gasteiger partial charge in [-0.2, -0.15) is 0 Å². The molecular formula is C15H20ClNO3. The van der Waals surface area contributed by atoms with E-state index in [1.54, 1.807) is 25.1 Å². The third kappa shape index (κ3) is 4.23. The number of halogens is 1. The van der Waals surface area contributed by atoms with E-state index in [0.717, 1.165) is 5.56 Å². The normalized spacial score (nSPS) is 13.8. The summed E-state index contributed by atoms with van der Waals surface area (Å²) in [6, 6.07) is 6.25. The van der Waals surface area contributed by atoms with E-state index in [0.29, 0.717) is 11.4 Å². The lowest BCUT2D eigenvalue weighted by Gasteiger charge is -2.23. The summed E-state index contributed by atoms with van der Waals surface area (Å²) in [7, 11) is 0. The first-order valence-electron chi connectivity index (χ1n) is 6.65. The van der Waals surface area contributed by atoms with Crippen molar-refractivity contribution in [3.05, 3.63) is 34.9 Å². The second-order valence-electron chi connectivity index (χ2n) is 5.08. The van der Waals surface area contributed by atoms with Crippen LogP contribution in [0.2, 0.25) is 5.02 Å². The number of hydrogen-bond donors (Lipinski definition) is 2. The number of aliphatic carboxylic acids is 1. The molecule has 0 aromatic heterocycles. The molecule has 0 saturated carbocycles. The number of amides is 1. The number of carboxylic acid groups (broad SMARTS) is 1. The number of benzene rings is 1. The van der Waals surface area contributed by atoms with Gasteiger partial charge in [0, 0.05) is 5.02 Å². The van der Waals surface area contributed by atoms with Crippen molar-refractivity contribution >= 4 is 23.5 Å². The van der Waals surface area contributed by atoms with Crippen molar-refractivity contribution in [1.82, 2.24) is 5.32 Å². The molecular weight excluding hydrogens is 278 g/mol. The topological polar surface area (TPSA) is 66.4 Å². The standard InChI is InChI=1S/C15H20ClNO3/c1-4-12(15(19)20)17-14(18)13(9(2)3)10-6-5-7-11(16)8-10/h5-9,12-13H,4H2,1-3H3,(H,17,18)(H,19,20). The van der Waals surface area contributed by atoms with Gasteiger partial charge in [0.1, 0.15) is 6.04 Å². The summed E-state index contributed by atoms with van der Waals surface area (Å²) in [6.07, 6.45) is 0.349. The highest BCUT2D eigenvalue weighted by atomic mass is 35.5. The van der Waals surface area contributed by atoms with Crippen molar-refractivity contribution in [2.24, 2.45) is 5.92 Å². The van der Waals surface area contributed by atoms with Crippen LogP contribution in [0.5, 0.6) is 0 Å². The number of nitrogens with one attached hydrogen (secondary N) is 1. The van der Waals surface area contributed by atoms with E-state index in [4.69, 9.17) is 16.7 Å². The van der Waals surface area contributed by atoms with Crippen molar-refractivity contribution in [3.63, 3.8) is 0 Å². The van der Waals surface area contributed by atoms with Crippen molar-refractivity contribution < 1.29 is 14.7 Å². The lowest BCUT2D eigenvalue weighted by Crippen LogP contribution is -2.43. The number of rotatable bonds is 6. The van der Waals surface area contributed by atoms with E-state index >= 15 is 0 Å². The monoisotopic (exact) mass is 297 g/mol. The van der Waals surface area contributed by atoms with Gasteiger partial charge in [-0.05, 0) is 30.0 Å². The van der Waals surface area contributed by atoms with Gasteiger partial charge in [-0.25, -0.2) is 4.79 Å². The molecule has 0 fully saturated rings. The van der Waals surface area contributed by atoms with Crippen LogP contribution < -0.4 is 5.32 Å². The molecule has 0 spiro atoms. The minimum Gasteiger partial charge on any atom is -0.480 e. The Labute approximate surface area is 124 Å². The Hall–Kier alpha value is -1.55. The minimum atomic E-state index is -1.02. The predicted molar refractivity (Wildman–Crippen MR) is 78.9 cm³/mol. The summed E-state index contributed by atoms with van der Waals surface area (Å²) >= 11 is 5.96. The molecule has 1 amide bonds. The molecule has 0 aliphatic heterocycles. The maximum atomic E-state index is 12.4. The van der Waals surface area contributed by atoms with E-state index < -0.39 is 17.9 Å². The van der Waals surface area contributed by atoms with Gasteiger partial charge in [-0.3, -0.25) is 4.79 Å². The van der Waals surface area contributed by atoms with Gasteiger partial charge in [-0.15, -0.1) is 0 Å². The average Bonchev–Trinajstić information content (AvgIpc) is 2.35. The summed E-state index contributed by atoms with van der Waals surface area (Å²) in [4.78, 5) is 23.4. The molecule has 0 radical (unpaired) electrons. The molecule has 0 aliphatic carbocycles. The zero-order chi connectivity index (χ0) is 15.3. The van der Waals surface area contributed by atoms with Crippen LogP contribution in [0, 0.1) is 5.92 Å². The molecule has 2 unspecified atom stereocenters. The molecule has 0 heterocycles. The first kappa shape index (κ1) is 16.5. The van der Waals surface area contributed by atoms with Gasteiger partial charge in [0.15, 0.2) is 0 Å². The van der Waals surface area contributed by atoms with E-state index in [-0.39, 0.29) is 11.8 Å². The maximum absolute atomic E-state index is 12.4. The SMILES string of the molecule is CCC(NC(=O)C(c1cccc(Cl)c1)C(C)C)C(=O)O.